The summed E-state index contributed by atoms with van der Waals surface area (Å²) in [6.07, 6.45) is 4.52. The quantitative estimate of drug-likeness (QED) is 0.646. The smallest absolute Gasteiger partial charge is 0.343 e. The minimum atomic E-state index is -0.515. The molecule has 0 radical (unpaired) electrons. The highest BCUT2D eigenvalue weighted by molar-refractivity contribution is 6.05. The van der Waals surface area contributed by atoms with Gasteiger partial charge in [-0.15, -0.1) is 0 Å². The van der Waals surface area contributed by atoms with Crippen LogP contribution in [0.25, 0.3) is 6.08 Å². The topological polar surface area (TPSA) is 73.2 Å². The lowest BCUT2D eigenvalue weighted by Crippen LogP contribution is -2.15. The van der Waals surface area contributed by atoms with Gasteiger partial charge in [-0.2, -0.15) is 5.10 Å². The van der Waals surface area contributed by atoms with E-state index < -0.39 is 5.97 Å². The molecule has 1 N–H and O–H groups in total. The van der Waals surface area contributed by atoms with Crippen molar-refractivity contribution >= 4 is 23.8 Å². The number of benzene rings is 1. The molecule has 0 saturated heterocycles. The van der Waals surface area contributed by atoms with E-state index in [2.05, 4.69) is 24.3 Å². The van der Waals surface area contributed by atoms with E-state index in [1.54, 1.807) is 20.0 Å². The number of amides is 1. The van der Waals surface area contributed by atoms with Crippen molar-refractivity contribution in [3.05, 3.63) is 53.2 Å². The molecule has 1 aromatic carbocycles. The highest BCUT2D eigenvalue weighted by Crippen LogP contribution is 2.17. The van der Waals surface area contributed by atoms with Crippen molar-refractivity contribution in [2.24, 2.45) is 7.05 Å². The van der Waals surface area contributed by atoms with Crippen LogP contribution in [-0.4, -0.2) is 28.3 Å². The molecule has 2 rings (SSSR count). The Hall–Kier alpha value is -2.89. The Balaban J connectivity index is 2.07. The first-order valence-electron chi connectivity index (χ1n) is 8.20. The Kier molecular flexibility index (Phi) is 6.11. The summed E-state index contributed by atoms with van der Waals surface area (Å²) in [5, 5.41) is 6.67. The molecule has 0 aliphatic carbocycles. The maximum Gasteiger partial charge on any atom is 0.343 e. The van der Waals surface area contributed by atoms with Crippen LogP contribution in [0.5, 0.6) is 0 Å². The Morgan fingerprint density at radius 1 is 1.28 bits per heavy atom. The van der Waals surface area contributed by atoms with Gasteiger partial charge in [-0.05, 0) is 30.0 Å². The van der Waals surface area contributed by atoms with E-state index in [1.165, 1.54) is 22.5 Å². The molecule has 1 heterocycles. The van der Waals surface area contributed by atoms with Gasteiger partial charge < -0.3 is 10.1 Å². The SMILES string of the molecule is CCOC(=O)c1cnn(C)c1NC(=O)/C=C/c1ccc(C(C)C)cc1. The van der Waals surface area contributed by atoms with E-state index in [4.69, 9.17) is 4.74 Å². The molecule has 2 aromatic rings. The Morgan fingerprint density at radius 3 is 2.56 bits per heavy atom. The van der Waals surface area contributed by atoms with Gasteiger partial charge in [-0.3, -0.25) is 9.48 Å². The number of ether oxygens (including phenoxy) is 1. The van der Waals surface area contributed by atoms with Gasteiger partial charge in [0.2, 0.25) is 5.91 Å². The average Bonchev–Trinajstić information content (AvgIpc) is 2.94. The molecule has 0 spiro atoms. The third-order valence-corrected chi connectivity index (χ3v) is 3.71. The van der Waals surface area contributed by atoms with E-state index in [0.717, 1.165) is 5.56 Å². The Labute approximate surface area is 147 Å². The largest absolute Gasteiger partial charge is 0.462 e. The van der Waals surface area contributed by atoms with Gasteiger partial charge in [0.1, 0.15) is 11.4 Å². The first-order valence-corrected chi connectivity index (χ1v) is 8.20. The lowest BCUT2D eigenvalue weighted by Gasteiger charge is -2.06. The minimum absolute atomic E-state index is 0.229. The maximum absolute atomic E-state index is 12.2. The molecule has 0 aliphatic heterocycles. The standard InChI is InChI=1S/C19H23N3O3/c1-5-25-19(24)16-12-20-22(4)18(16)21-17(23)11-8-14-6-9-15(10-7-14)13(2)3/h6-13H,5H2,1-4H3,(H,21,23)/b11-8+. The first-order chi connectivity index (χ1) is 11.9. The molecule has 6 heteroatoms. The molecule has 1 aromatic heterocycles. The molecular weight excluding hydrogens is 318 g/mol. The zero-order valence-corrected chi connectivity index (χ0v) is 14.9. The molecule has 132 valence electrons. The van der Waals surface area contributed by atoms with Crippen LogP contribution >= 0.6 is 0 Å². The first kappa shape index (κ1) is 18.4. The number of hydrogen-bond acceptors (Lipinski definition) is 4. The number of aryl methyl sites for hydroxylation is 1. The monoisotopic (exact) mass is 341 g/mol. The summed E-state index contributed by atoms with van der Waals surface area (Å²) in [7, 11) is 1.65. The fraction of sp³-hybridized carbons (Fsp3) is 0.316. The van der Waals surface area contributed by atoms with Crippen molar-refractivity contribution in [1.29, 1.82) is 0 Å². The summed E-state index contributed by atoms with van der Waals surface area (Å²) in [6, 6.07) is 8.02. The second kappa shape index (κ2) is 8.28. The van der Waals surface area contributed by atoms with Gasteiger partial charge in [0, 0.05) is 13.1 Å². The van der Waals surface area contributed by atoms with Gasteiger partial charge >= 0.3 is 5.97 Å². The number of carbonyl (C=O) groups is 2. The highest BCUT2D eigenvalue weighted by Gasteiger charge is 2.18. The minimum Gasteiger partial charge on any atom is -0.462 e. The van der Waals surface area contributed by atoms with Crippen LogP contribution in [0.1, 0.15) is 48.2 Å². The zero-order valence-electron chi connectivity index (χ0n) is 14.9. The molecule has 0 aliphatic rings. The highest BCUT2D eigenvalue weighted by atomic mass is 16.5. The van der Waals surface area contributed by atoms with Crippen LogP contribution in [-0.2, 0) is 16.6 Å². The fourth-order valence-corrected chi connectivity index (χ4v) is 2.27. The molecule has 0 bridgehead atoms. The normalized spacial score (nSPS) is 11.1. The molecule has 25 heavy (non-hydrogen) atoms. The van der Waals surface area contributed by atoms with Crippen molar-refractivity contribution in [3.63, 3.8) is 0 Å². The summed E-state index contributed by atoms with van der Waals surface area (Å²) < 4.78 is 6.39. The number of hydrogen-bond donors (Lipinski definition) is 1. The van der Waals surface area contributed by atoms with Crippen LogP contribution in [0.2, 0.25) is 0 Å². The Morgan fingerprint density at radius 2 is 1.96 bits per heavy atom. The number of carbonyl (C=O) groups excluding carboxylic acids is 2. The van der Waals surface area contributed by atoms with Crippen LogP contribution in [0.4, 0.5) is 5.82 Å². The summed E-state index contributed by atoms with van der Waals surface area (Å²) >= 11 is 0. The molecule has 0 saturated carbocycles. The molecule has 0 atom stereocenters. The van der Waals surface area contributed by atoms with Gasteiger partial charge in [-0.25, -0.2) is 4.79 Å². The number of rotatable bonds is 6. The Bertz CT molecular complexity index is 774. The third-order valence-electron chi connectivity index (χ3n) is 3.71. The lowest BCUT2D eigenvalue weighted by atomic mass is 10.0. The van der Waals surface area contributed by atoms with E-state index in [9.17, 15) is 9.59 Å². The maximum atomic E-state index is 12.2. The zero-order chi connectivity index (χ0) is 18.4. The number of nitrogens with zero attached hydrogens (tertiary/aromatic N) is 2. The third kappa shape index (κ3) is 4.79. The average molecular weight is 341 g/mol. The molecular formula is C19H23N3O3. The molecule has 0 fully saturated rings. The summed E-state index contributed by atoms with van der Waals surface area (Å²) in [5.41, 5.74) is 2.40. The van der Waals surface area contributed by atoms with Crippen molar-refractivity contribution in [3.8, 4) is 0 Å². The van der Waals surface area contributed by atoms with Crippen LogP contribution in [0.3, 0.4) is 0 Å². The van der Waals surface area contributed by atoms with Gasteiger partial charge in [-0.1, -0.05) is 38.1 Å². The summed E-state index contributed by atoms with van der Waals surface area (Å²) in [4.78, 5) is 24.0. The van der Waals surface area contributed by atoms with E-state index in [1.807, 2.05) is 24.3 Å². The summed E-state index contributed by atoms with van der Waals surface area (Å²) in [5.74, 6) is -0.0861. The number of nitrogens with one attached hydrogen (secondary N) is 1. The van der Waals surface area contributed by atoms with Crippen molar-refractivity contribution in [1.82, 2.24) is 9.78 Å². The number of aromatic nitrogens is 2. The van der Waals surface area contributed by atoms with Crippen LogP contribution in [0.15, 0.2) is 36.5 Å². The van der Waals surface area contributed by atoms with Crippen molar-refractivity contribution in [2.45, 2.75) is 26.7 Å². The van der Waals surface area contributed by atoms with Gasteiger partial charge in [0.15, 0.2) is 0 Å². The van der Waals surface area contributed by atoms with E-state index in [0.29, 0.717) is 11.7 Å². The predicted octanol–water partition coefficient (Wildman–Crippen LogP) is 3.37. The molecule has 6 nitrogen and oxygen atoms in total. The van der Waals surface area contributed by atoms with E-state index in [-0.39, 0.29) is 18.1 Å². The van der Waals surface area contributed by atoms with Crippen molar-refractivity contribution in [2.75, 3.05) is 11.9 Å². The second-order valence-corrected chi connectivity index (χ2v) is 5.89. The molecule has 1 amide bonds. The van der Waals surface area contributed by atoms with Crippen molar-refractivity contribution < 1.29 is 14.3 Å². The van der Waals surface area contributed by atoms with Crippen LogP contribution < -0.4 is 5.32 Å². The van der Waals surface area contributed by atoms with Gasteiger partial charge in [0.05, 0.1) is 12.8 Å². The predicted molar refractivity (Wildman–Crippen MR) is 97.4 cm³/mol. The number of anilines is 1. The number of esters is 1. The van der Waals surface area contributed by atoms with Gasteiger partial charge in [0.25, 0.3) is 0 Å². The lowest BCUT2D eigenvalue weighted by molar-refractivity contribution is -0.111. The van der Waals surface area contributed by atoms with Crippen LogP contribution in [0, 0.1) is 0 Å². The summed E-state index contributed by atoms with van der Waals surface area (Å²) in [6.45, 7) is 6.24. The van der Waals surface area contributed by atoms with E-state index >= 15 is 0 Å². The second-order valence-electron chi connectivity index (χ2n) is 5.89. The molecule has 0 unspecified atom stereocenters. The fourth-order valence-electron chi connectivity index (χ4n) is 2.27.